The van der Waals surface area contributed by atoms with Crippen molar-refractivity contribution < 1.29 is 18.3 Å². The molecule has 0 radical (unpaired) electrons. The van der Waals surface area contributed by atoms with Crippen molar-refractivity contribution in [1.82, 2.24) is 14.9 Å². The largest absolute Gasteiger partial charge is 0.480 e. The highest BCUT2D eigenvalue weighted by Gasteiger charge is 2.38. The first-order chi connectivity index (χ1) is 11.9. The molecule has 0 saturated carbocycles. The molecule has 6 nitrogen and oxygen atoms in total. The van der Waals surface area contributed by atoms with E-state index in [0.717, 1.165) is 0 Å². The molecular formula is C16H21BrF2N4O2. The monoisotopic (exact) mass is 418 g/mol. The number of rotatable bonds is 3. The summed E-state index contributed by atoms with van der Waals surface area (Å²) < 4.78 is 32.4. The minimum Gasteiger partial charge on any atom is -0.480 e. The molecule has 0 N–H and O–H groups in total. The van der Waals surface area contributed by atoms with E-state index in [4.69, 9.17) is 4.74 Å². The van der Waals surface area contributed by atoms with Gasteiger partial charge in [0.1, 0.15) is 0 Å². The van der Waals surface area contributed by atoms with E-state index in [9.17, 15) is 13.6 Å². The first kappa shape index (κ1) is 18.3. The van der Waals surface area contributed by atoms with Gasteiger partial charge in [-0.1, -0.05) is 0 Å². The average molecular weight is 419 g/mol. The Labute approximate surface area is 153 Å². The zero-order chi connectivity index (χ0) is 18.0. The van der Waals surface area contributed by atoms with Gasteiger partial charge in [0.15, 0.2) is 0 Å². The normalized spacial score (nSPS) is 21.3. The quantitative estimate of drug-likeness (QED) is 0.754. The summed E-state index contributed by atoms with van der Waals surface area (Å²) in [5.74, 6) is -1.69. The van der Waals surface area contributed by atoms with Crippen molar-refractivity contribution in [3.8, 4) is 5.88 Å². The topological polar surface area (TPSA) is 58.6 Å². The van der Waals surface area contributed by atoms with Crippen molar-refractivity contribution in [2.24, 2.45) is 5.92 Å². The van der Waals surface area contributed by atoms with Crippen LogP contribution in [0.4, 0.5) is 14.7 Å². The van der Waals surface area contributed by atoms with Crippen LogP contribution >= 0.6 is 15.9 Å². The van der Waals surface area contributed by atoms with Gasteiger partial charge in [0.2, 0.25) is 17.7 Å². The Morgan fingerprint density at radius 1 is 1.28 bits per heavy atom. The number of amides is 1. The molecule has 1 aromatic heterocycles. The number of halogens is 3. The van der Waals surface area contributed by atoms with Gasteiger partial charge in [-0.3, -0.25) is 4.79 Å². The number of ether oxygens (including phenoxy) is 1. The van der Waals surface area contributed by atoms with Crippen molar-refractivity contribution in [2.45, 2.75) is 31.6 Å². The zero-order valence-electron chi connectivity index (χ0n) is 14.1. The third-order valence-corrected chi connectivity index (χ3v) is 5.37. The van der Waals surface area contributed by atoms with Gasteiger partial charge in [0.05, 0.1) is 17.8 Å². The van der Waals surface area contributed by atoms with Crippen LogP contribution in [0.3, 0.4) is 0 Å². The molecule has 2 aliphatic rings. The van der Waals surface area contributed by atoms with Crippen LogP contribution in [0.25, 0.3) is 0 Å². The maximum atomic E-state index is 13.2. The van der Waals surface area contributed by atoms with E-state index in [1.54, 1.807) is 18.2 Å². The lowest BCUT2D eigenvalue weighted by Crippen LogP contribution is -2.47. The van der Waals surface area contributed by atoms with E-state index in [-0.39, 0.29) is 37.8 Å². The Balaban J connectivity index is 1.56. The number of methoxy groups -OCH3 is 1. The molecule has 3 rings (SSSR count). The minimum atomic E-state index is -2.63. The van der Waals surface area contributed by atoms with Gasteiger partial charge >= 0.3 is 0 Å². The third-order valence-electron chi connectivity index (χ3n) is 4.83. The summed E-state index contributed by atoms with van der Waals surface area (Å²) in [5.41, 5.74) is 0. The average Bonchev–Trinajstić information content (AvgIpc) is 2.62. The summed E-state index contributed by atoms with van der Waals surface area (Å²) >= 11 is 3.32. The van der Waals surface area contributed by atoms with Crippen molar-refractivity contribution in [3.05, 3.63) is 10.7 Å². The number of hydrogen-bond acceptors (Lipinski definition) is 5. The molecule has 1 amide bonds. The van der Waals surface area contributed by atoms with E-state index in [1.807, 2.05) is 4.90 Å². The molecular weight excluding hydrogens is 398 g/mol. The van der Waals surface area contributed by atoms with Crippen LogP contribution < -0.4 is 9.64 Å². The van der Waals surface area contributed by atoms with Crippen LogP contribution in [0.2, 0.25) is 0 Å². The van der Waals surface area contributed by atoms with Crippen molar-refractivity contribution in [3.63, 3.8) is 0 Å². The molecule has 0 unspecified atom stereocenters. The fourth-order valence-corrected chi connectivity index (χ4v) is 3.63. The molecule has 0 aromatic carbocycles. The van der Waals surface area contributed by atoms with Crippen LogP contribution in [0, 0.1) is 5.92 Å². The first-order valence-corrected chi connectivity index (χ1v) is 9.17. The number of piperidine rings is 2. The number of carbonyl (C=O) groups excluding carboxylic acids is 1. The summed E-state index contributed by atoms with van der Waals surface area (Å²) in [7, 11) is 1.55. The van der Waals surface area contributed by atoms with Gasteiger partial charge < -0.3 is 14.5 Å². The van der Waals surface area contributed by atoms with Gasteiger partial charge in [-0.2, -0.15) is 4.98 Å². The minimum absolute atomic E-state index is 0.00413. The lowest BCUT2D eigenvalue weighted by atomic mass is 9.94. The predicted octanol–water partition coefficient (Wildman–Crippen LogP) is 2.72. The third kappa shape index (κ3) is 4.19. The van der Waals surface area contributed by atoms with E-state index < -0.39 is 5.92 Å². The van der Waals surface area contributed by atoms with Crippen molar-refractivity contribution in [2.75, 3.05) is 38.2 Å². The van der Waals surface area contributed by atoms with Crippen molar-refractivity contribution in [1.29, 1.82) is 0 Å². The molecule has 0 spiro atoms. The van der Waals surface area contributed by atoms with Gasteiger partial charge in [0, 0.05) is 44.9 Å². The second-order valence-corrected chi connectivity index (χ2v) is 7.32. The predicted molar refractivity (Wildman–Crippen MR) is 92.0 cm³/mol. The second-order valence-electron chi connectivity index (χ2n) is 6.47. The fraction of sp³-hybridized carbons (Fsp3) is 0.688. The van der Waals surface area contributed by atoms with Crippen molar-refractivity contribution >= 4 is 27.8 Å². The first-order valence-electron chi connectivity index (χ1n) is 8.38. The highest BCUT2D eigenvalue weighted by atomic mass is 79.9. The van der Waals surface area contributed by atoms with Gasteiger partial charge in [0.25, 0.3) is 5.92 Å². The Morgan fingerprint density at radius 3 is 2.52 bits per heavy atom. The molecule has 0 atom stereocenters. The van der Waals surface area contributed by atoms with Crippen LogP contribution in [-0.4, -0.2) is 60.0 Å². The molecule has 138 valence electrons. The van der Waals surface area contributed by atoms with E-state index in [1.165, 1.54) is 0 Å². The summed E-state index contributed by atoms with van der Waals surface area (Å²) in [6.07, 6.45) is 2.53. The number of aromatic nitrogens is 2. The molecule has 25 heavy (non-hydrogen) atoms. The maximum Gasteiger partial charge on any atom is 0.251 e. The maximum absolute atomic E-state index is 13.2. The number of anilines is 1. The summed E-state index contributed by atoms with van der Waals surface area (Å²) in [5, 5.41) is 0. The summed E-state index contributed by atoms with van der Waals surface area (Å²) in [6.45, 7) is 1.62. The molecule has 2 aliphatic heterocycles. The molecule has 0 aliphatic carbocycles. The Morgan fingerprint density at radius 2 is 1.92 bits per heavy atom. The Hall–Kier alpha value is -1.51. The van der Waals surface area contributed by atoms with Crippen LogP contribution in [-0.2, 0) is 4.79 Å². The van der Waals surface area contributed by atoms with E-state index in [2.05, 4.69) is 25.9 Å². The molecule has 1 aromatic rings. The molecule has 3 heterocycles. The Bertz CT molecular complexity index is 629. The lowest BCUT2D eigenvalue weighted by Gasteiger charge is -2.37. The van der Waals surface area contributed by atoms with Gasteiger partial charge in [-0.05, 0) is 28.8 Å². The molecule has 2 fully saturated rings. The van der Waals surface area contributed by atoms with Gasteiger partial charge in [-0.15, -0.1) is 0 Å². The number of carbonyl (C=O) groups is 1. The zero-order valence-corrected chi connectivity index (χ0v) is 15.6. The SMILES string of the molecule is COc1nc(N2CCC(C(=O)N3CCC(F)(F)CC3)CC2)ncc1Br. The fourth-order valence-electron chi connectivity index (χ4n) is 3.28. The number of likely N-dealkylation sites (tertiary alicyclic amines) is 1. The van der Waals surface area contributed by atoms with E-state index in [0.29, 0.717) is 42.2 Å². The van der Waals surface area contributed by atoms with Gasteiger partial charge in [-0.25, -0.2) is 13.8 Å². The summed E-state index contributed by atoms with van der Waals surface area (Å²) in [6, 6.07) is 0. The smallest absolute Gasteiger partial charge is 0.251 e. The number of hydrogen-bond donors (Lipinski definition) is 0. The number of nitrogens with zero attached hydrogens (tertiary/aromatic N) is 4. The number of alkyl halides is 2. The standard InChI is InChI=1S/C16H21BrF2N4O2/c1-25-13-12(17)10-20-15(21-13)23-6-2-11(3-7-23)14(24)22-8-4-16(18,19)5-9-22/h10-11H,2-9H2,1H3. The van der Waals surface area contributed by atoms with Crippen LogP contribution in [0.1, 0.15) is 25.7 Å². The Kier molecular flexibility index (Phi) is 5.41. The second kappa shape index (κ2) is 7.39. The molecule has 9 heteroatoms. The molecule has 0 bridgehead atoms. The molecule has 2 saturated heterocycles. The van der Waals surface area contributed by atoms with Crippen LogP contribution in [0.15, 0.2) is 10.7 Å². The lowest BCUT2D eigenvalue weighted by molar-refractivity contribution is -0.142. The highest BCUT2D eigenvalue weighted by Crippen LogP contribution is 2.30. The highest BCUT2D eigenvalue weighted by molar-refractivity contribution is 9.10. The summed E-state index contributed by atoms with van der Waals surface area (Å²) in [4.78, 5) is 24.8. The van der Waals surface area contributed by atoms with E-state index >= 15 is 0 Å². The van der Waals surface area contributed by atoms with Crippen LogP contribution in [0.5, 0.6) is 5.88 Å².